The first-order valence-electron chi connectivity index (χ1n) is 7.20. The lowest BCUT2D eigenvalue weighted by Gasteiger charge is -2.13. The van der Waals surface area contributed by atoms with Crippen molar-refractivity contribution in [1.29, 1.82) is 0 Å². The molecule has 0 saturated heterocycles. The van der Waals surface area contributed by atoms with Gasteiger partial charge in [0.25, 0.3) is 0 Å². The van der Waals surface area contributed by atoms with Gasteiger partial charge in [-0.25, -0.2) is 4.39 Å². The molecule has 1 heterocycles. The van der Waals surface area contributed by atoms with E-state index in [0.29, 0.717) is 31.4 Å². The van der Waals surface area contributed by atoms with Gasteiger partial charge in [0.1, 0.15) is 5.82 Å². The number of amides is 1. The topological polar surface area (TPSA) is 79.8 Å². The third-order valence-corrected chi connectivity index (χ3v) is 3.58. The van der Waals surface area contributed by atoms with Crippen LogP contribution in [-0.4, -0.2) is 18.1 Å². The van der Waals surface area contributed by atoms with Gasteiger partial charge < -0.3 is 11.1 Å². The summed E-state index contributed by atoms with van der Waals surface area (Å²) in [5.74, 6) is 2.02. The van der Waals surface area contributed by atoms with Crippen LogP contribution in [0.15, 0.2) is 34.5 Å². The highest BCUT2D eigenvalue weighted by molar-refractivity contribution is 5.76. The summed E-state index contributed by atoms with van der Waals surface area (Å²) in [5, 5.41) is 10.8. The van der Waals surface area contributed by atoms with Crippen molar-refractivity contribution < 1.29 is 9.18 Å². The number of rotatable bonds is 8. The largest absolute Gasteiger partial charge is 0.356 e. The Kier molecular flexibility index (Phi) is 5.23. The maximum absolute atomic E-state index is 13.1. The van der Waals surface area contributed by atoms with Crippen molar-refractivity contribution in [2.24, 2.45) is 16.0 Å². The molecule has 0 radical (unpaired) electrons. The van der Waals surface area contributed by atoms with Crippen molar-refractivity contribution in [2.75, 3.05) is 6.54 Å². The third kappa shape index (κ3) is 4.64. The summed E-state index contributed by atoms with van der Waals surface area (Å²) >= 11 is 0. The summed E-state index contributed by atoms with van der Waals surface area (Å²) in [5.41, 5.74) is 6.12. The number of hydrogen-bond acceptors (Lipinski definition) is 4. The zero-order chi connectivity index (χ0) is 16.0. The van der Waals surface area contributed by atoms with E-state index < -0.39 is 11.7 Å². The molecule has 3 N–H and O–H groups in total. The zero-order valence-electron chi connectivity index (χ0n) is 12.3. The Morgan fingerprint density at radius 2 is 2.23 bits per heavy atom. The van der Waals surface area contributed by atoms with Gasteiger partial charge in [-0.15, -0.1) is 12.3 Å². The van der Waals surface area contributed by atoms with Crippen LogP contribution >= 0.6 is 0 Å². The highest BCUT2D eigenvalue weighted by Crippen LogP contribution is 2.36. The Balaban J connectivity index is 1.71. The molecule has 0 saturated carbocycles. The van der Waals surface area contributed by atoms with Crippen molar-refractivity contribution in [3.05, 3.63) is 35.6 Å². The molecule has 1 atom stereocenters. The average Bonchev–Trinajstić information content (AvgIpc) is 3.25. The predicted octanol–water partition coefficient (Wildman–Crippen LogP) is 2.30. The van der Waals surface area contributed by atoms with Crippen molar-refractivity contribution in [1.82, 2.24) is 5.32 Å². The lowest BCUT2D eigenvalue weighted by atomic mass is 10.0. The molecule has 22 heavy (non-hydrogen) atoms. The fourth-order valence-corrected chi connectivity index (χ4v) is 2.20. The fraction of sp³-hybridized carbons (Fsp3) is 0.438. The standard InChI is InChI=1S/C16H19FN4O/c1-2-3-7-16(20-21-16)8-9-19-15(22)11-14(18)12-5-4-6-13(17)10-12/h1,4-6,10,14H,3,7-9,11,18H2,(H,19,22). The lowest BCUT2D eigenvalue weighted by molar-refractivity contribution is -0.121. The number of carbonyl (C=O) groups excluding carboxylic acids is 1. The molecular formula is C16H19FN4O. The summed E-state index contributed by atoms with van der Waals surface area (Å²) in [4.78, 5) is 11.9. The van der Waals surface area contributed by atoms with Gasteiger partial charge >= 0.3 is 0 Å². The molecule has 0 spiro atoms. The normalized spacial score (nSPS) is 15.9. The SMILES string of the molecule is C#CCCC1(CCNC(=O)CC(N)c2cccc(F)c2)N=N1. The number of nitrogens with zero attached hydrogens (tertiary/aromatic N) is 2. The van der Waals surface area contributed by atoms with Crippen LogP contribution in [0.4, 0.5) is 4.39 Å². The summed E-state index contributed by atoms with van der Waals surface area (Å²) in [6, 6.07) is 5.44. The van der Waals surface area contributed by atoms with Gasteiger partial charge in [-0.05, 0) is 17.7 Å². The highest BCUT2D eigenvalue weighted by Gasteiger charge is 2.38. The Labute approximate surface area is 129 Å². The number of terminal acetylenes is 1. The molecule has 1 amide bonds. The van der Waals surface area contributed by atoms with Gasteiger partial charge in [0.15, 0.2) is 5.66 Å². The molecule has 2 rings (SSSR count). The van der Waals surface area contributed by atoms with Gasteiger partial charge in [0.2, 0.25) is 5.91 Å². The third-order valence-electron chi connectivity index (χ3n) is 3.58. The van der Waals surface area contributed by atoms with Crippen LogP contribution in [0.3, 0.4) is 0 Å². The Hall–Kier alpha value is -2.26. The molecule has 0 aromatic heterocycles. The summed E-state index contributed by atoms with van der Waals surface area (Å²) in [6.45, 7) is 0.465. The quantitative estimate of drug-likeness (QED) is 0.723. The van der Waals surface area contributed by atoms with Gasteiger partial charge in [0.05, 0.1) is 0 Å². The zero-order valence-corrected chi connectivity index (χ0v) is 12.3. The van der Waals surface area contributed by atoms with E-state index in [4.69, 9.17) is 12.2 Å². The van der Waals surface area contributed by atoms with E-state index in [1.807, 2.05) is 0 Å². The van der Waals surface area contributed by atoms with Crippen LogP contribution in [0.5, 0.6) is 0 Å². The maximum Gasteiger partial charge on any atom is 0.221 e. The van der Waals surface area contributed by atoms with Crippen LogP contribution in [0.2, 0.25) is 0 Å². The minimum Gasteiger partial charge on any atom is -0.356 e. The number of nitrogens with two attached hydrogens (primary N) is 1. The second kappa shape index (κ2) is 7.14. The number of hydrogen-bond donors (Lipinski definition) is 2. The van der Waals surface area contributed by atoms with E-state index in [1.165, 1.54) is 12.1 Å². The monoisotopic (exact) mass is 302 g/mol. The van der Waals surface area contributed by atoms with Crippen LogP contribution in [0.1, 0.15) is 37.3 Å². The minimum atomic E-state index is -0.526. The first kappa shape index (κ1) is 16.1. The molecule has 0 aliphatic carbocycles. The minimum absolute atomic E-state index is 0.106. The number of nitrogens with one attached hydrogen (secondary N) is 1. The maximum atomic E-state index is 13.1. The van der Waals surface area contributed by atoms with Gasteiger partial charge in [-0.2, -0.15) is 10.2 Å². The first-order chi connectivity index (χ1) is 10.5. The number of benzene rings is 1. The second-order valence-electron chi connectivity index (χ2n) is 5.35. The van der Waals surface area contributed by atoms with Crippen molar-refractivity contribution >= 4 is 5.91 Å². The summed E-state index contributed by atoms with van der Waals surface area (Å²) in [6.07, 6.45) is 7.29. The van der Waals surface area contributed by atoms with Crippen molar-refractivity contribution in [3.63, 3.8) is 0 Å². The van der Waals surface area contributed by atoms with E-state index in [9.17, 15) is 9.18 Å². The van der Waals surface area contributed by atoms with Crippen molar-refractivity contribution in [3.8, 4) is 12.3 Å². The lowest BCUT2D eigenvalue weighted by Crippen LogP contribution is -2.30. The van der Waals surface area contributed by atoms with Crippen molar-refractivity contribution in [2.45, 2.75) is 37.4 Å². The smallest absolute Gasteiger partial charge is 0.221 e. The Morgan fingerprint density at radius 3 is 2.86 bits per heavy atom. The molecule has 1 aromatic carbocycles. The predicted molar refractivity (Wildman–Crippen MR) is 81.2 cm³/mol. The molecule has 1 aromatic rings. The molecule has 5 nitrogen and oxygen atoms in total. The molecule has 1 aliphatic heterocycles. The molecule has 1 aliphatic rings. The van der Waals surface area contributed by atoms with Gasteiger partial charge in [0, 0.05) is 38.3 Å². The fourth-order valence-electron chi connectivity index (χ4n) is 2.20. The second-order valence-corrected chi connectivity index (χ2v) is 5.35. The van der Waals surface area contributed by atoms with Crippen LogP contribution in [0.25, 0.3) is 0 Å². The van der Waals surface area contributed by atoms with E-state index in [-0.39, 0.29) is 18.1 Å². The van der Waals surface area contributed by atoms with Crippen LogP contribution in [0, 0.1) is 18.2 Å². The first-order valence-corrected chi connectivity index (χ1v) is 7.20. The molecule has 116 valence electrons. The van der Waals surface area contributed by atoms with E-state index in [2.05, 4.69) is 21.5 Å². The molecular weight excluding hydrogens is 283 g/mol. The summed E-state index contributed by atoms with van der Waals surface area (Å²) < 4.78 is 13.1. The number of halogens is 1. The highest BCUT2D eigenvalue weighted by atomic mass is 19.1. The van der Waals surface area contributed by atoms with E-state index >= 15 is 0 Å². The van der Waals surface area contributed by atoms with Gasteiger partial charge in [-0.1, -0.05) is 12.1 Å². The summed E-state index contributed by atoms with van der Waals surface area (Å²) in [7, 11) is 0. The van der Waals surface area contributed by atoms with Crippen LogP contribution in [-0.2, 0) is 4.79 Å². The van der Waals surface area contributed by atoms with Crippen LogP contribution < -0.4 is 11.1 Å². The van der Waals surface area contributed by atoms with Gasteiger partial charge in [-0.3, -0.25) is 4.79 Å². The number of carbonyl (C=O) groups is 1. The molecule has 0 bridgehead atoms. The Bertz CT molecular complexity index is 602. The van der Waals surface area contributed by atoms with E-state index in [1.54, 1.807) is 12.1 Å². The molecule has 6 heteroatoms. The average molecular weight is 302 g/mol. The Morgan fingerprint density at radius 1 is 1.45 bits per heavy atom. The molecule has 0 fully saturated rings. The van der Waals surface area contributed by atoms with E-state index in [0.717, 1.165) is 0 Å². The molecule has 1 unspecified atom stereocenters.